The maximum Gasteiger partial charge on any atom is 0.0723 e. The zero-order valence-corrected chi connectivity index (χ0v) is 8.23. The summed E-state index contributed by atoms with van der Waals surface area (Å²) in [6, 6.07) is 0. The van der Waals surface area contributed by atoms with Gasteiger partial charge >= 0.3 is 0 Å². The van der Waals surface area contributed by atoms with Crippen LogP contribution >= 0.6 is 0 Å². The van der Waals surface area contributed by atoms with Crippen LogP contribution in [0.2, 0.25) is 0 Å². The van der Waals surface area contributed by atoms with Crippen LogP contribution in [-0.4, -0.2) is 10.2 Å². The highest BCUT2D eigenvalue weighted by atomic mass is 15.1. The molecule has 3 nitrogen and oxygen atoms in total. The summed E-state index contributed by atoms with van der Waals surface area (Å²) in [5, 5.41) is 7.22. The van der Waals surface area contributed by atoms with E-state index in [9.17, 15) is 0 Å². The zero-order chi connectivity index (χ0) is 9.35. The van der Waals surface area contributed by atoms with Crippen molar-refractivity contribution < 1.29 is 0 Å². The highest BCUT2D eigenvalue weighted by molar-refractivity contribution is 5.29. The predicted octanol–water partition coefficient (Wildman–Crippen LogP) is 1.47. The lowest BCUT2D eigenvalue weighted by molar-refractivity contribution is 0.560. The Balaban J connectivity index is 3.16. The minimum atomic E-state index is 0.0828. The fourth-order valence-corrected chi connectivity index (χ4v) is 1.32. The van der Waals surface area contributed by atoms with Crippen LogP contribution in [0.3, 0.4) is 0 Å². The topological polar surface area (TPSA) is 54.7 Å². The minimum absolute atomic E-state index is 0.0828. The molecule has 0 aliphatic rings. The fourth-order valence-electron chi connectivity index (χ4n) is 1.32. The zero-order valence-electron chi connectivity index (χ0n) is 8.23. The van der Waals surface area contributed by atoms with E-state index in [0.29, 0.717) is 6.54 Å². The van der Waals surface area contributed by atoms with Gasteiger partial charge in [-0.05, 0) is 6.92 Å². The van der Waals surface area contributed by atoms with E-state index < -0.39 is 0 Å². The van der Waals surface area contributed by atoms with Crippen molar-refractivity contribution in [1.29, 1.82) is 0 Å². The number of aromatic amines is 1. The molecule has 0 atom stereocenters. The standard InChI is InChI=1S/C9H17N3/c1-6-7(5-10)8(12-11-6)9(2,3)4/h5,10H2,1-4H3,(H,11,12). The van der Waals surface area contributed by atoms with Crippen molar-refractivity contribution in [3.8, 4) is 0 Å². The van der Waals surface area contributed by atoms with Gasteiger partial charge < -0.3 is 5.73 Å². The highest BCUT2D eigenvalue weighted by Crippen LogP contribution is 2.24. The van der Waals surface area contributed by atoms with Crippen LogP contribution in [0.5, 0.6) is 0 Å². The number of aromatic nitrogens is 2. The first-order chi connectivity index (χ1) is 5.46. The molecule has 3 heteroatoms. The third-order valence-corrected chi connectivity index (χ3v) is 1.99. The molecule has 1 aromatic rings. The second kappa shape index (κ2) is 2.90. The van der Waals surface area contributed by atoms with Crippen molar-refractivity contribution in [3.05, 3.63) is 17.0 Å². The molecular formula is C9H17N3. The third kappa shape index (κ3) is 1.50. The van der Waals surface area contributed by atoms with Gasteiger partial charge in [0, 0.05) is 23.2 Å². The number of nitrogens with zero attached hydrogens (tertiary/aromatic N) is 1. The van der Waals surface area contributed by atoms with Gasteiger partial charge in [-0.1, -0.05) is 20.8 Å². The van der Waals surface area contributed by atoms with E-state index in [4.69, 9.17) is 5.73 Å². The molecule has 0 aliphatic carbocycles. The molecule has 1 heterocycles. The Labute approximate surface area is 73.4 Å². The van der Waals surface area contributed by atoms with Gasteiger partial charge in [-0.15, -0.1) is 0 Å². The first-order valence-corrected chi connectivity index (χ1v) is 4.21. The van der Waals surface area contributed by atoms with Gasteiger partial charge in [-0.3, -0.25) is 5.10 Å². The van der Waals surface area contributed by atoms with Gasteiger partial charge in [0.2, 0.25) is 0 Å². The summed E-state index contributed by atoms with van der Waals surface area (Å²) in [6.07, 6.45) is 0. The van der Waals surface area contributed by atoms with Crippen LogP contribution in [0.4, 0.5) is 0 Å². The molecule has 68 valence electrons. The van der Waals surface area contributed by atoms with Gasteiger partial charge in [-0.2, -0.15) is 5.10 Å². The van der Waals surface area contributed by atoms with Crippen molar-refractivity contribution in [2.45, 2.75) is 39.7 Å². The summed E-state index contributed by atoms with van der Waals surface area (Å²) < 4.78 is 0. The minimum Gasteiger partial charge on any atom is -0.326 e. The number of H-pyrrole nitrogens is 1. The quantitative estimate of drug-likeness (QED) is 0.665. The van der Waals surface area contributed by atoms with Crippen LogP contribution in [0.25, 0.3) is 0 Å². The molecule has 0 fully saturated rings. The van der Waals surface area contributed by atoms with E-state index in [2.05, 4.69) is 31.0 Å². The molecule has 0 radical (unpaired) electrons. The largest absolute Gasteiger partial charge is 0.326 e. The number of hydrogen-bond acceptors (Lipinski definition) is 2. The van der Waals surface area contributed by atoms with Crippen molar-refractivity contribution in [1.82, 2.24) is 10.2 Å². The SMILES string of the molecule is Cc1[nH]nc(C(C)(C)C)c1CN. The van der Waals surface area contributed by atoms with E-state index in [1.165, 1.54) is 0 Å². The van der Waals surface area contributed by atoms with E-state index in [1.807, 2.05) is 6.92 Å². The average Bonchev–Trinajstić information content (AvgIpc) is 2.29. The molecule has 0 saturated carbocycles. The second-order valence-corrected chi connectivity index (χ2v) is 4.13. The summed E-state index contributed by atoms with van der Waals surface area (Å²) in [7, 11) is 0. The molecule has 0 aromatic carbocycles. The van der Waals surface area contributed by atoms with Crippen LogP contribution in [0.15, 0.2) is 0 Å². The van der Waals surface area contributed by atoms with Crippen molar-refractivity contribution in [2.24, 2.45) is 5.73 Å². The van der Waals surface area contributed by atoms with Crippen molar-refractivity contribution in [3.63, 3.8) is 0 Å². The number of nitrogens with two attached hydrogens (primary N) is 1. The summed E-state index contributed by atoms with van der Waals surface area (Å²) in [5.41, 5.74) is 9.04. The lowest BCUT2D eigenvalue weighted by Crippen LogP contribution is -2.16. The van der Waals surface area contributed by atoms with Crippen LogP contribution in [0, 0.1) is 6.92 Å². The molecular weight excluding hydrogens is 150 g/mol. The van der Waals surface area contributed by atoms with E-state index >= 15 is 0 Å². The molecule has 3 N–H and O–H groups in total. The summed E-state index contributed by atoms with van der Waals surface area (Å²) in [4.78, 5) is 0. The number of nitrogens with one attached hydrogen (secondary N) is 1. The maximum atomic E-state index is 5.63. The van der Waals surface area contributed by atoms with Crippen LogP contribution in [-0.2, 0) is 12.0 Å². The monoisotopic (exact) mass is 167 g/mol. The first-order valence-electron chi connectivity index (χ1n) is 4.21. The smallest absolute Gasteiger partial charge is 0.0723 e. The Morgan fingerprint density at radius 2 is 2.00 bits per heavy atom. The Morgan fingerprint density at radius 3 is 2.33 bits per heavy atom. The van der Waals surface area contributed by atoms with Crippen molar-refractivity contribution >= 4 is 0 Å². The van der Waals surface area contributed by atoms with E-state index in [-0.39, 0.29) is 5.41 Å². The Bertz CT molecular complexity index is 268. The number of rotatable bonds is 1. The summed E-state index contributed by atoms with van der Waals surface area (Å²) >= 11 is 0. The molecule has 1 rings (SSSR count). The Kier molecular flexibility index (Phi) is 2.24. The average molecular weight is 167 g/mol. The second-order valence-electron chi connectivity index (χ2n) is 4.13. The molecule has 0 amide bonds. The van der Waals surface area contributed by atoms with Gasteiger partial charge in [0.25, 0.3) is 0 Å². The van der Waals surface area contributed by atoms with Crippen LogP contribution in [0.1, 0.15) is 37.7 Å². The molecule has 1 aromatic heterocycles. The highest BCUT2D eigenvalue weighted by Gasteiger charge is 2.21. The Morgan fingerprint density at radius 1 is 1.42 bits per heavy atom. The third-order valence-electron chi connectivity index (χ3n) is 1.99. The van der Waals surface area contributed by atoms with Gasteiger partial charge in [0.15, 0.2) is 0 Å². The lowest BCUT2D eigenvalue weighted by Gasteiger charge is -2.16. The fraction of sp³-hybridized carbons (Fsp3) is 0.667. The molecule has 12 heavy (non-hydrogen) atoms. The normalized spacial score (nSPS) is 12.1. The molecule has 0 aliphatic heterocycles. The predicted molar refractivity (Wildman–Crippen MR) is 49.9 cm³/mol. The number of hydrogen-bond donors (Lipinski definition) is 2. The van der Waals surface area contributed by atoms with E-state index in [1.54, 1.807) is 0 Å². The van der Waals surface area contributed by atoms with Crippen LogP contribution < -0.4 is 5.73 Å². The van der Waals surface area contributed by atoms with Gasteiger partial charge in [0.1, 0.15) is 0 Å². The molecule has 0 unspecified atom stereocenters. The number of aryl methyl sites for hydroxylation is 1. The maximum absolute atomic E-state index is 5.63. The molecule has 0 saturated heterocycles. The Hall–Kier alpha value is -0.830. The molecule has 0 spiro atoms. The van der Waals surface area contributed by atoms with E-state index in [0.717, 1.165) is 17.0 Å². The first kappa shape index (κ1) is 9.26. The van der Waals surface area contributed by atoms with Crippen molar-refractivity contribution in [2.75, 3.05) is 0 Å². The summed E-state index contributed by atoms with van der Waals surface area (Å²) in [6.45, 7) is 8.99. The van der Waals surface area contributed by atoms with Gasteiger partial charge in [-0.25, -0.2) is 0 Å². The molecule has 0 bridgehead atoms. The summed E-state index contributed by atoms with van der Waals surface area (Å²) in [5.74, 6) is 0. The lowest BCUT2D eigenvalue weighted by atomic mass is 9.89. The van der Waals surface area contributed by atoms with Gasteiger partial charge in [0.05, 0.1) is 5.69 Å².